The monoisotopic (exact) mass is 254 g/mol. The number of hydrogen-bond acceptors (Lipinski definition) is 2. The Kier molecular flexibility index (Phi) is 4.30. The largest absolute Gasteiger partial charge is 0.271 e. The highest BCUT2D eigenvalue weighted by Crippen LogP contribution is 2.35. The number of hydrogen-bond donors (Lipinski definition) is 2. The van der Waals surface area contributed by atoms with Crippen molar-refractivity contribution in [3.8, 4) is 0 Å². The third-order valence-electron chi connectivity index (χ3n) is 3.94. The zero-order chi connectivity index (χ0) is 13.1. The van der Waals surface area contributed by atoms with Gasteiger partial charge in [-0.1, -0.05) is 31.4 Å². The van der Waals surface area contributed by atoms with Crippen LogP contribution in [0, 0.1) is 24.5 Å². The lowest BCUT2D eigenvalue weighted by molar-refractivity contribution is 0.267. The normalized spacial score (nSPS) is 18.9. The van der Waals surface area contributed by atoms with E-state index in [4.69, 9.17) is 5.84 Å². The quantitative estimate of drug-likeness (QED) is 0.641. The first-order chi connectivity index (χ1) is 8.65. The van der Waals surface area contributed by atoms with Gasteiger partial charge >= 0.3 is 0 Å². The zero-order valence-electron chi connectivity index (χ0n) is 10.7. The smallest absolute Gasteiger partial charge is 0.163 e. The molecule has 18 heavy (non-hydrogen) atoms. The van der Waals surface area contributed by atoms with Gasteiger partial charge < -0.3 is 0 Å². The van der Waals surface area contributed by atoms with Gasteiger partial charge in [-0.15, -0.1) is 0 Å². The fourth-order valence-electron chi connectivity index (χ4n) is 2.85. The van der Waals surface area contributed by atoms with Crippen LogP contribution in [-0.4, -0.2) is 0 Å². The highest BCUT2D eigenvalue weighted by Gasteiger charge is 2.27. The molecule has 0 bridgehead atoms. The van der Waals surface area contributed by atoms with Crippen LogP contribution in [-0.2, 0) is 0 Å². The van der Waals surface area contributed by atoms with E-state index in [0.29, 0.717) is 17.0 Å². The third-order valence-corrected chi connectivity index (χ3v) is 3.94. The van der Waals surface area contributed by atoms with Gasteiger partial charge in [0, 0.05) is 5.56 Å². The van der Waals surface area contributed by atoms with Gasteiger partial charge in [-0.25, -0.2) is 8.78 Å². The van der Waals surface area contributed by atoms with Crippen molar-refractivity contribution in [3.05, 3.63) is 34.9 Å². The van der Waals surface area contributed by atoms with Gasteiger partial charge in [0.05, 0.1) is 6.04 Å². The molecule has 0 saturated heterocycles. The second kappa shape index (κ2) is 5.76. The second-order valence-corrected chi connectivity index (χ2v) is 5.14. The molecule has 0 aliphatic heterocycles. The standard InChI is InChI=1S/C14H20F2N2/c1-9-7-8-11(13(16)12(9)15)14(18-17)10-5-3-2-4-6-10/h7-8,10,14,18H,2-6,17H2,1H3. The molecule has 1 atom stereocenters. The minimum absolute atomic E-state index is 0.291. The molecule has 0 amide bonds. The lowest BCUT2D eigenvalue weighted by Gasteiger charge is -2.30. The number of rotatable bonds is 3. The maximum atomic E-state index is 14.0. The Hall–Kier alpha value is -1.00. The molecule has 2 nitrogen and oxygen atoms in total. The predicted octanol–water partition coefficient (Wildman–Crippen LogP) is 3.36. The van der Waals surface area contributed by atoms with E-state index in [1.165, 1.54) is 6.42 Å². The Balaban J connectivity index is 2.29. The fourth-order valence-corrected chi connectivity index (χ4v) is 2.85. The average Bonchev–Trinajstić information content (AvgIpc) is 2.41. The molecule has 1 saturated carbocycles. The molecule has 3 N–H and O–H groups in total. The predicted molar refractivity (Wildman–Crippen MR) is 67.7 cm³/mol. The number of benzene rings is 1. The summed E-state index contributed by atoms with van der Waals surface area (Å²) in [5.74, 6) is 4.32. The maximum absolute atomic E-state index is 14.0. The van der Waals surface area contributed by atoms with Crippen molar-refractivity contribution in [1.29, 1.82) is 0 Å². The van der Waals surface area contributed by atoms with Crippen molar-refractivity contribution >= 4 is 0 Å². The molecule has 0 aromatic heterocycles. The van der Waals surface area contributed by atoms with E-state index in [0.717, 1.165) is 25.7 Å². The van der Waals surface area contributed by atoms with Gasteiger partial charge in [-0.05, 0) is 31.2 Å². The topological polar surface area (TPSA) is 38.0 Å². The molecule has 4 heteroatoms. The molecule has 0 heterocycles. The molecular formula is C14H20F2N2. The summed E-state index contributed by atoms with van der Waals surface area (Å²) in [5, 5.41) is 0. The van der Waals surface area contributed by atoms with E-state index in [2.05, 4.69) is 5.43 Å². The molecule has 100 valence electrons. The average molecular weight is 254 g/mol. The Morgan fingerprint density at radius 3 is 2.44 bits per heavy atom. The highest BCUT2D eigenvalue weighted by atomic mass is 19.2. The van der Waals surface area contributed by atoms with Crippen molar-refractivity contribution in [3.63, 3.8) is 0 Å². The SMILES string of the molecule is Cc1ccc(C(NN)C2CCCCC2)c(F)c1F. The van der Waals surface area contributed by atoms with Crippen LogP contribution >= 0.6 is 0 Å². The number of nitrogens with one attached hydrogen (secondary N) is 1. The molecule has 1 aromatic carbocycles. The Bertz CT molecular complexity index is 415. The van der Waals surface area contributed by atoms with Gasteiger partial charge in [-0.3, -0.25) is 11.3 Å². The summed E-state index contributed by atoms with van der Waals surface area (Å²) >= 11 is 0. The van der Waals surface area contributed by atoms with E-state index in [1.54, 1.807) is 19.1 Å². The van der Waals surface area contributed by atoms with Crippen LogP contribution in [0.5, 0.6) is 0 Å². The number of nitrogens with two attached hydrogens (primary N) is 1. The summed E-state index contributed by atoms with van der Waals surface area (Å²) in [7, 11) is 0. The zero-order valence-corrected chi connectivity index (χ0v) is 10.7. The first-order valence-corrected chi connectivity index (χ1v) is 6.55. The van der Waals surface area contributed by atoms with Crippen molar-refractivity contribution in [2.45, 2.75) is 45.1 Å². The summed E-state index contributed by atoms with van der Waals surface area (Å²) in [5.41, 5.74) is 3.35. The van der Waals surface area contributed by atoms with E-state index >= 15 is 0 Å². The molecule has 1 aliphatic carbocycles. The molecule has 2 rings (SSSR count). The van der Waals surface area contributed by atoms with E-state index in [9.17, 15) is 8.78 Å². The summed E-state index contributed by atoms with van der Waals surface area (Å²) < 4.78 is 27.6. The lowest BCUT2D eigenvalue weighted by Crippen LogP contribution is -2.35. The molecule has 0 spiro atoms. The minimum atomic E-state index is -0.761. The molecular weight excluding hydrogens is 234 g/mol. The van der Waals surface area contributed by atoms with Gasteiger partial charge in [0.25, 0.3) is 0 Å². The van der Waals surface area contributed by atoms with E-state index in [-0.39, 0.29) is 6.04 Å². The molecule has 1 fully saturated rings. The summed E-state index contributed by atoms with van der Waals surface area (Å²) in [6.45, 7) is 1.56. The fraction of sp³-hybridized carbons (Fsp3) is 0.571. The Morgan fingerprint density at radius 2 is 1.83 bits per heavy atom. The third kappa shape index (κ3) is 2.54. The Morgan fingerprint density at radius 1 is 1.17 bits per heavy atom. The summed E-state index contributed by atoms with van der Waals surface area (Å²) in [6.07, 6.45) is 5.53. The van der Waals surface area contributed by atoms with Gasteiger partial charge in [0.2, 0.25) is 0 Å². The minimum Gasteiger partial charge on any atom is -0.271 e. The highest BCUT2D eigenvalue weighted by molar-refractivity contribution is 5.28. The second-order valence-electron chi connectivity index (χ2n) is 5.14. The van der Waals surface area contributed by atoms with Gasteiger partial charge in [-0.2, -0.15) is 0 Å². The number of hydrazine groups is 1. The van der Waals surface area contributed by atoms with Crippen LogP contribution in [0.25, 0.3) is 0 Å². The summed E-state index contributed by atoms with van der Waals surface area (Å²) in [6, 6.07) is 2.97. The molecule has 1 aromatic rings. The van der Waals surface area contributed by atoms with E-state index in [1.807, 2.05) is 0 Å². The van der Waals surface area contributed by atoms with Crippen LogP contribution in [0.2, 0.25) is 0 Å². The summed E-state index contributed by atoms with van der Waals surface area (Å²) in [4.78, 5) is 0. The molecule has 1 aliphatic rings. The van der Waals surface area contributed by atoms with Gasteiger partial charge in [0.1, 0.15) is 0 Å². The van der Waals surface area contributed by atoms with Crippen LogP contribution in [0.4, 0.5) is 8.78 Å². The maximum Gasteiger partial charge on any atom is 0.163 e. The van der Waals surface area contributed by atoms with Crippen LogP contribution < -0.4 is 11.3 Å². The van der Waals surface area contributed by atoms with Gasteiger partial charge in [0.15, 0.2) is 11.6 Å². The van der Waals surface area contributed by atoms with E-state index < -0.39 is 11.6 Å². The molecule has 0 radical (unpaired) electrons. The first kappa shape index (κ1) is 13.4. The first-order valence-electron chi connectivity index (χ1n) is 6.55. The van der Waals surface area contributed by atoms with Crippen molar-refractivity contribution in [1.82, 2.24) is 5.43 Å². The van der Waals surface area contributed by atoms with Crippen molar-refractivity contribution < 1.29 is 8.78 Å². The number of halogens is 2. The van der Waals surface area contributed by atoms with Crippen LogP contribution in [0.1, 0.15) is 49.3 Å². The van der Waals surface area contributed by atoms with Crippen LogP contribution in [0.15, 0.2) is 12.1 Å². The Labute approximate surface area is 107 Å². The molecule has 1 unspecified atom stereocenters. The van der Waals surface area contributed by atoms with Crippen LogP contribution in [0.3, 0.4) is 0 Å². The van der Waals surface area contributed by atoms with Crippen molar-refractivity contribution in [2.75, 3.05) is 0 Å². The number of aryl methyl sites for hydroxylation is 1. The van der Waals surface area contributed by atoms with Crippen molar-refractivity contribution in [2.24, 2.45) is 11.8 Å². The lowest BCUT2D eigenvalue weighted by atomic mass is 9.81.